The summed E-state index contributed by atoms with van der Waals surface area (Å²) in [4.78, 5) is 26.4. The molecule has 0 N–H and O–H groups in total. The summed E-state index contributed by atoms with van der Waals surface area (Å²) in [5.74, 6) is -0.0812. The van der Waals surface area contributed by atoms with Gasteiger partial charge in [-0.3, -0.25) is 9.59 Å². The molecule has 2 aromatic rings. The van der Waals surface area contributed by atoms with Crippen LogP contribution >= 0.6 is 0 Å². The lowest BCUT2D eigenvalue weighted by atomic mass is 10.1. The third-order valence-corrected chi connectivity index (χ3v) is 4.18. The van der Waals surface area contributed by atoms with Crippen molar-refractivity contribution < 1.29 is 4.79 Å². The van der Waals surface area contributed by atoms with Crippen LogP contribution in [0.3, 0.4) is 0 Å². The zero-order valence-corrected chi connectivity index (χ0v) is 13.4. The first kappa shape index (κ1) is 15.5. The van der Waals surface area contributed by atoms with Crippen LogP contribution in [0, 0.1) is 6.92 Å². The topological polar surface area (TPSA) is 55.2 Å². The summed E-state index contributed by atoms with van der Waals surface area (Å²) in [7, 11) is 0. The van der Waals surface area contributed by atoms with E-state index in [1.165, 1.54) is 28.8 Å². The molecule has 1 amide bonds. The standard InChI is InChI=1S/C18H21N3O2/c1-14-5-7-15(8-6-14)13-21-17(22)10-9-16(19-21)18(23)20-11-3-2-4-12-20/h5-10H,2-4,11-13H2,1H3. The van der Waals surface area contributed by atoms with E-state index in [-0.39, 0.29) is 11.5 Å². The first-order valence-corrected chi connectivity index (χ1v) is 8.06. The molecule has 2 heterocycles. The molecule has 0 bridgehead atoms. The summed E-state index contributed by atoms with van der Waals surface area (Å²) < 4.78 is 1.36. The first-order valence-electron chi connectivity index (χ1n) is 8.06. The predicted molar refractivity (Wildman–Crippen MR) is 88.5 cm³/mol. The second-order valence-electron chi connectivity index (χ2n) is 6.05. The Bertz CT molecular complexity index is 744. The Morgan fingerprint density at radius 3 is 2.43 bits per heavy atom. The normalized spacial score (nSPS) is 14.7. The van der Waals surface area contributed by atoms with E-state index in [0.29, 0.717) is 12.2 Å². The lowest BCUT2D eigenvalue weighted by Crippen LogP contribution is -2.37. The molecule has 1 aromatic heterocycles. The number of benzene rings is 1. The first-order chi connectivity index (χ1) is 11.1. The number of aromatic nitrogens is 2. The molecule has 0 saturated carbocycles. The van der Waals surface area contributed by atoms with Crippen molar-refractivity contribution in [2.45, 2.75) is 32.7 Å². The third kappa shape index (κ3) is 3.67. The lowest BCUT2D eigenvalue weighted by Gasteiger charge is -2.26. The van der Waals surface area contributed by atoms with Crippen LogP contribution in [0.5, 0.6) is 0 Å². The van der Waals surface area contributed by atoms with Crippen LogP contribution in [-0.4, -0.2) is 33.7 Å². The minimum atomic E-state index is -0.194. The monoisotopic (exact) mass is 311 g/mol. The minimum absolute atomic E-state index is 0.0812. The SMILES string of the molecule is Cc1ccc(Cn2nc(C(=O)N3CCCCC3)ccc2=O)cc1. The van der Waals surface area contributed by atoms with Crippen molar-refractivity contribution in [2.75, 3.05) is 13.1 Å². The fourth-order valence-electron chi connectivity index (χ4n) is 2.80. The van der Waals surface area contributed by atoms with Gasteiger partial charge in [0, 0.05) is 19.2 Å². The summed E-state index contributed by atoms with van der Waals surface area (Å²) in [6.45, 7) is 3.95. The van der Waals surface area contributed by atoms with E-state index in [1.54, 1.807) is 0 Å². The molecular formula is C18H21N3O2. The number of rotatable bonds is 3. The van der Waals surface area contributed by atoms with E-state index in [1.807, 2.05) is 36.1 Å². The molecular weight excluding hydrogens is 290 g/mol. The highest BCUT2D eigenvalue weighted by Gasteiger charge is 2.20. The summed E-state index contributed by atoms with van der Waals surface area (Å²) in [6, 6.07) is 10.9. The number of hydrogen-bond acceptors (Lipinski definition) is 3. The molecule has 1 aliphatic heterocycles. The van der Waals surface area contributed by atoms with Gasteiger partial charge in [0.15, 0.2) is 0 Å². The predicted octanol–water partition coefficient (Wildman–Crippen LogP) is 2.23. The van der Waals surface area contributed by atoms with Gasteiger partial charge in [0.1, 0.15) is 5.69 Å². The molecule has 5 heteroatoms. The van der Waals surface area contributed by atoms with Gasteiger partial charge in [-0.2, -0.15) is 5.10 Å². The van der Waals surface area contributed by atoms with Crippen molar-refractivity contribution >= 4 is 5.91 Å². The molecule has 0 atom stereocenters. The number of carbonyl (C=O) groups is 1. The maximum atomic E-state index is 12.5. The van der Waals surface area contributed by atoms with Crippen LogP contribution < -0.4 is 5.56 Å². The minimum Gasteiger partial charge on any atom is -0.337 e. The fourth-order valence-corrected chi connectivity index (χ4v) is 2.80. The third-order valence-electron chi connectivity index (χ3n) is 4.18. The second kappa shape index (κ2) is 6.77. The average molecular weight is 311 g/mol. The zero-order chi connectivity index (χ0) is 16.2. The van der Waals surface area contributed by atoms with E-state index < -0.39 is 0 Å². The molecule has 5 nitrogen and oxygen atoms in total. The highest BCUT2D eigenvalue weighted by Crippen LogP contribution is 2.11. The van der Waals surface area contributed by atoms with Crippen LogP contribution in [0.2, 0.25) is 0 Å². The summed E-state index contributed by atoms with van der Waals surface area (Å²) in [5, 5.41) is 4.28. The van der Waals surface area contributed by atoms with Crippen LogP contribution in [0.1, 0.15) is 40.9 Å². The van der Waals surface area contributed by atoms with Gasteiger partial charge in [0.05, 0.1) is 6.54 Å². The number of likely N-dealkylation sites (tertiary alicyclic amines) is 1. The van der Waals surface area contributed by atoms with Crippen LogP contribution in [0.15, 0.2) is 41.2 Å². The summed E-state index contributed by atoms with van der Waals surface area (Å²) >= 11 is 0. The van der Waals surface area contributed by atoms with E-state index in [4.69, 9.17) is 0 Å². The van der Waals surface area contributed by atoms with E-state index in [9.17, 15) is 9.59 Å². The molecule has 0 radical (unpaired) electrons. The van der Waals surface area contributed by atoms with Gasteiger partial charge in [-0.05, 0) is 37.8 Å². The second-order valence-corrected chi connectivity index (χ2v) is 6.05. The molecule has 120 valence electrons. The highest BCUT2D eigenvalue weighted by atomic mass is 16.2. The molecule has 0 aliphatic carbocycles. The van der Waals surface area contributed by atoms with Gasteiger partial charge in [-0.25, -0.2) is 4.68 Å². The maximum Gasteiger partial charge on any atom is 0.274 e. The molecule has 1 aliphatic rings. The van der Waals surface area contributed by atoms with Crippen molar-refractivity contribution in [3.8, 4) is 0 Å². The Morgan fingerprint density at radius 1 is 1.04 bits per heavy atom. The van der Waals surface area contributed by atoms with Crippen molar-refractivity contribution in [3.63, 3.8) is 0 Å². The highest BCUT2D eigenvalue weighted by molar-refractivity contribution is 5.92. The fraction of sp³-hybridized carbons (Fsp3) is 0.389. The Morgan fingerprint density at radius 2 is 1.74 bits per heavy atom. The van der Waals surface area contributed by atoms with E-state index >= 15 is 0 Å². The molecule has 0 unspecified atom stereocenters. The van der Waals surface area contributed by atoms with Gasteiger partial charge in [-0.15, -0.1) is 0 Å². The van der Waals surface area contributed by atoms with Crippen molar-refractivity contribution in [2.24, 2.45) is 0 Å². The summed E-state index contributed by atoms with van der Waals surface area (Å²) in [5.41, 5.74) is 2.32. The lowest BCUT2D eigenvalue weighted by molar-refractivity contribution is 0.0715. The Balaban J connectivity index is 1.82. The average Bonchev–Trinajstić information content (AvgIpc) is 2.59. The number of nitrogens with zero attached hydrogens (tertiary/aromatic N) is 3. The van der Waals surface area contributed by atoms with Gasteiger partial charge in [0.2, 0.25) is 0 Å². The smallest absolute Gasteiger partial charge is 0.274 e. The zero-order valence-electron chi connectivity index (χ0n) is 13.4. The van der Waals surface area contributed by atoms with Crippen LogP contribution in [0.4, 0.5) is 0 Å². The molecule has 0 spiro atoms. The maximum absolute atomic E-state index is 12.5. The van der Waals surface area contributed by atoms with Gasteiger partial charge in [0.25, 0.3) is 11.5 Å². The van der Waals surface area contributed by atoms with Crippen LogP contribution in [-0.2, 0) is 6.54 Å². The van der Waals surface area contributed by atoms with Gasteiger partial charge >= 0.3 is 0 Å². The van der Waals surface area contributed by atoms with Crippen molar-refractivity contribution in [1.29, 1.82) is 0 Å². The molecule has 1 saturated heterocycles. The van der Waals surface area contributed by atoms with Crippen molar-refractivity contribution in [3.05, 3.63) is 63.6 Å². The van der Waals surface area contributed by atoms with Gasteiger partial charge < -0.3 is 4.90 Å². The number of amides is 1. The molecule has 1 aromatic carbocycles. The van der Waals surface area contributed by atoms with E-state index in [2.05, 4.69) is 5.10 Å². The number of hydrogen-bond donors (Lipinski definition) is 0. The number of piperidine rings is 1. The van der Waals surface area contributed by atoms with Crippen LogP contribution in [0.25, 0.3) is 0 Å². The van der Waals surface area contributed by atoms with Crippen molar-refractivity contribution in [1.82, 2.24) is 14.7 Å². The molecule has 23 heavy (non-hydrogen) atoms. The quantitative estimate of drug-likeness (QED) is 0.873. The van der Waals surface area contributed by atoms with E-state index in [0.717, 1.165) is 31.5 Å². The Kier molecular flexibility index (Phi) is 4.55. The number of carbonyl (C=O) groups excluding carboxylic acids is 1. The summed E-state index contributed by atoms with van der Waals surface area (Å²) in [6.07, 6.45) is 3.24. The van der Waals surface area contributed by atoms with Gasteiger partial charge in [-0.1, -0.05) is 29.8 Å². The molecule has 1 fully saturated rings. The largest absolute Gasteiger partial charge is 0.337 e. The Labute approximate surface area is 135 Å². The number of aryl methyl sites for hydroxylation is 1. The Hall–Kier alpha value is -2.43. The molecule has 3 rings (SSSR count).